The van der Waals surface area contributed by atoms with Gasteiger partial charge in [-0.2, -0.15) is 0 Å². The van der Waals surface area contributed by atoms with E-state index in [1.807, 2.05) is 0 Å². The number of hydrogen-bond donors (Lipinski definition) is 0. The van der Waals surface area contributed by atoms with Gasteiger partial charge in [-0.3, -0.25) is 0 Å². The Balaban J connectivity index is 0.00000225. The number of nitrogens with zero attached hydrogens (tertiary/aromatic N) is 1. The second kappa shape index (κ2) is 6.61. The molecule has 0 bridgehead atoms. The lowest BCUT2D eigenvalue weighted by Crippen LogP contribution is -2.55. The predicted octanol–water partition coefficient (Wildman–Crippen LogP) is 3.80. The maximum Gasteiger partial charge on any atom is 0.0957 e. The SMILES string of the molecule is CC1([N+](C)(C)C)CCCCCCCCC1.[OH-]. The first-order valence-electron chi connectivity index (χ1n) is 6.77. The van der Waals surface area contributed by atoms with Crippen molar-refractivity contribution in [3.05, 3.63) is 0 Å². The Labute approximate surface area is 102 Å². The lowest BCUT2D eigenvalue weighted by molar-refractivity contribution is -0.923. The first-order valence-corrected chi connectivity index (χ1v) is 6.77. The van der Waals surface area contributed by atoms with Crippen LogP contribution >= 0.6 is 0 Å². The second-order valence-corrected chi connectivity index (χ2v) is 6.48. The molecule has 98 valence electrons. The second-order valence-electron chi connectivity index (χ2n) is 6.48. The van der Waals surface area contributed by atoms with Crippen LogP contribution in [0.2, 0.25) is 0 Å². The summed E-state index contributed by atoms with van der Waals surface area (Å²) in [6.07, 6.45) is 13.0. The van der Waals surface area contributed by atoms with E-state index in [0.717, 1.165) is 4.48 Å². The van der Waals surface area contributed by atoms with Gasteiger partial charge in [-0.1, -0.05) is 32.1 Å². The van der Waals surface area contributed by atoms with Crippen LogP contribution in [0.4, 0.5) is 0 Å². The molecule has 0 aromatic heterocycles. The van der Waals surface area contributed by atoms with Crippen LogP contribution in [-0.2, 0) is 0 Å². The van der Waals surface area contributed by atoms with Gasteiger partial charge in [0.25, 0.3) is 0 Å². The molecular weight excluding hydrogens is 198 g/mol. The molecule has 0 spiro atoms. The van der Waals surface area contributed by atoms with E-state index < -0.39 is 0 Å². The van der Waals surface area contributed by atoms with Crippen LogP contribution in [0.15, 0.2) is 0 Å². The van der Waals surface area contributed by atoms with Crippen LogP contribution < -0.4 is 0 Å². The van der Waals surface area contributed by atoms with Gasteiger partial charge in [0.15, 0.2) is 0 Å². The Bertz CT molecular complexity index is 174. The van der Waals surface area contributed by atoms with E-state index in [2.05, 4.69) is 28.1 Å². The molecule has 0 heterocycles. The topological polar surface area (TPSA) is 30.0 Å². The summed E-state index contributed by atoms with van der Waals surface area (Å²) in [7, 11) is 7.10. The minimum absolute atomic E-state index is 0. The molecule has 0 amide bonds. The minimum atomic E-state index is 0. The van der Waals surface area contributed by atoms with E-state index in [9.17, 15) is 0 Å². The summed E-state index contributed by atoms with van der Waals surface area (Å²) in [5.74, 6) is 0. The molecule has 1 N–H and O–H groups in total. The van der Waals surface area contributed by atoms with Gasteiger partial charge in [0.05, 0.1) is 26.7 Å². The molecule has 1 saturated carbocycles. The Morgan fingerprint density at radius 2 is 1.00 bits per heavy atom. The summed E-state index contributed by atoms with van der Waals surface area (Å²) >= 11 is 0. The summed E-state index contributed by atoms with van der Waals surface area (Å²) in [4.78, 5) is 0. The molecule has 0 atom stereocenters. The molecule has 0 aromatic rings. The van der Waals surface area contributed by atoms with Crippen molar-refractivity contribution in [1.29, 1.82) is 0 Å². The van der Waals surface area contributed by atoms with Crippen molar-refractivity contribution in [2.24, 2.45) is 0 Å². The number of rotatable bonds is 1. The molecular formula is C14H31NO. The summed E-state index contributed by atoms with van der Waals surface area (Å²) in [5.41, 5.74) is 0.511. The van der Waals surface area contributed by atoms with Gasteiger partial charge >= 0.3 is 0 Å². The summed E-state index contributed by atoms with van der Waals surface area (Å²) in [5, 5.41) is 0. The highest BCUT2D eigenvalue weighted by Gasteiger charge is 2.36. The zero-order valence-corrected chi connectivity index (χ0v) is 11.8. The Morgan fingerprint density at radius 3 is 1.31 bits per heavy atom. The number of quaternary nitrogens is 1. The van der Waals surface area contributed by atoms with E-state index in [4.69, 9.17) is 0 Å². The van der Waals surface area contributed by atoms with Gasteiger partial charge in [0, 0.05) is 12.8 Å². The Kier molecular flexibility index (Phi) is 6.57. The van der Waals surface area contributed by atoms with Crippen molar-refractivity contribution in [1.82, 2.24) is 0 Å². The van der Waals surface area contributed by atoms with E-state index in [-0.39, 0.29) is 5.48 Å². The van der Waals surface area contributed by atoms with Crippen molar-refractivity contribution in [2.45, 2.75) is 70.3 Å². The maximum atomic E-state index is 2.49. The van der Waals surface area contributed by atoms with Crippen LogP contribution in [0.5, 0.6) is 0 Å². The third kappa shape index (κ3) is 4.42. The van der Waals surface area contributed by atoms with Crippen LogP contribution in [0.3, 0.4) is 0 Å². The molecule has 1 fully saturated rings. The molecule has 0 aromatic carbocycles. The quantitative estimate of drug-likeness (QED) is 0.629. The van der Waals surface area contributed by atoms with Crippen molar-refractivity contribution in [3.8, 4) is 0 Å². The third-order valence-corrected chi connectivity index (χ3v) is 4.55. The Morgan fingerprint density at radius 1 is 0.688 bits per heavy atom. The van der Waals surface area contributed by atoms with Crippen LogP contribution in [-0.4, -0.2) is 36.6 Å². The standard InChI is InChI=1S/C14H30N.H2O/c1-14(15(2,3)4)12-10-8-6-5-7-9-11-13-14;/h5-13H2,1-4H3;1H2/q+1;/p-1. The van der Waals surface area contributed by atoms with Crippen molar-refractivity contribution in [2.75, 3.05) is 21.1 Å². The first-order chi connectivity index (χ1) is 6.96. The lowest BCUT2D eigenvalue weighted by atomic mass is 9.84. The lowest BCUT2D eigenvalue weighted by Gasteiger charge is -2.44. The van der Waals surface area contributed by atoms with Gasteiger partial charge in [0.1, 0.15) is 0 Å². The third-order valence-electron chi connectivity index (χ3n) is 4.55. The summed E-state index contributed by atoms with van der Waals surface area (Å²) in [6, 6.07) is 0. The molecule has 1 aliphatic carbocycles. The largest absolute Gasteiger partial charge is 0.870 e. The van der Waals surface area contributed by atoms with Gasteiger partial charge in [-0.25, -0.2) is 0 Å². The molecule has 0 unspecified atom stereocenters. The van der Waals surface area contributed by atoms with Gasteiger partial charge in [-0.05, 0) is 19.8 Å². The van der Waals surface area contributed by atoms with Crippen molar-refractivity contribution < 1.29 is 9.96 Å². The van der Waals surface area contributed by atoms with E-state index in [0.29, 0.717) is 5.54 Å². The molecule has 0 radical (unpaired) electrons. The number of hydrogen-bond acceptors (Lipinski definition) is 1. The molecule has 1 rings (SSSR count). The fourth-order valence-corrected chi connectivity index (χ4v) is 2.69. The molecule has 2 heteroatoms. The highest BCUT2D eigenvalue weighted by molar-refractivity contribution is 4.76. The average molecular weight is 229 g/mol. The highest BCUT2D eigenvalue weighted by Crippen LogP contribution is 2.32. The van der Waals surface area contributed by atoms with Gasteiger partial charge in [0.2, 0.25) is 0 Å². The first kappa shape index (κ1) is 15.9. The molecule has 16 heavy (non-hydrogen) atoms. The fraction of sp³-hybridized carbons (Fsp3) is 1.00. The van der Waals surface area contributed by atoms with Gasteiger partial charge in [-0.15, -0.1) is 0 Å². The van der Waals surface area contributed by atoms with E-state index in [1.54, 1.807) is 0 Å². The smallest absolute Gasteiger partial charge is 0.0957 e. The van der Waals surface area contributed by atoms with Crippen LogP contribution in [0.25, 0.3) is 0 Å². The Hall–Kier alpha value is -0.0800. The minimum Gasteiger partial charge on any atom is -0.870 e. The summed E-state index contributed by atoms with van der Waals surface area (Å²) in [6.45, 7) is 2.49. The van der Waals surface area contributed by atoms with Crippen LogP contribution in [0, 0.1) is 0 Å². The van der Waals surface area contributed by atoms with Crippen molar-refractivity contribution >= 4 is 0 Å². The summed E-state index contributed by atoms with van der Waals surface area (Å²) < 4.78 is 1.13. The van der Waals surface area contributed by atoms with Crippen molar-refractivity contribution in [3.63, 3.8) is 0 Å². The average Bonchev–Trinajstić information content (AvgIpc) is 2.14. The molecule has 2 nitrogen and oxygen atoms in total. The molecule has 1 aliphatic rings. The van der Waals surface area contributed by atoms with E-state index in [1.165, 1.54) is 57.8 Å². The maximum absolute atomic E-state index is 2.49. The van der Waals surface area contributed by atoms with Crippen LogP contribution in [0.1, 0.15) is 64.7 Å². The molecule has 0 saturated heterocycles. The predicted molar refractivity (Wildman–Crippen MR) is 69.9 cm³/mol. The highest BCUT2D eigenvalue weighted by atomic mass is 16.0. The zero-order chi connectivity index (χ0) is 11.4. The van der Waals surface area contributed by atoms with Gasteiger partial charge < -0.3 is 9.96 Å². The van der Waals surface area contributed by atoms with E-state index >= 15 is 0 Å². The molecule has 0 aliphatic heterocycles. The zero-order valence-electron chi connectivity index (χ0n) is 11.8. The normalized spacial score (nSPS) is 23.2. The fourth-order valence-electron chi connectivity index (χ4n) is 2.69. The monoisotopic (exact) mass is 229 g/mol.